The lowest BCUT2D eigenvalue weighted by molar-refractivity contribution is -0.144. The number of esters is 1. The molecule has 1 atom stereocenters. The van der Waals surface area contributed by atoms with Crippen LogP contribution in [0.5, 0.6) is 5.75 Å². The monoisotopic (exact) mass is 483 g/mol. The van der Waals surface area contributed by atoms with Gasteiger partial charge < -0.3 is 20.1 Å². The molecular formula is C19H22IN3O4. The van der Waals surface area contributed by atoms with E-state index in [1.165, 1.54) is 7.11 Å². The third kappa shape index (κ3) is 6.47. The van der Waals surface area contributed by atoms with Crippen molar-refractivity contribution in [2.45, 2.75) is 19.0 Å². The van der Waals surface area contributed by atoms with Crippen molar-refractivity contribution in [3.8, 4) is 5.75 Å². The van der Waals surface area contributed by atoms with Gasteiger partial charge in [0.1, 0.15) is 11.8 Å². The summed E-state index contributed by atoms with van der Waals surface area (Å²) in [6.45, 7) is 0.593. The molecule has 2 aromatic rings. The number of nitrogens with one attached hydrogen (secondary N) is 2. The van der Waals surface area contributed by atoms with Gasteiger partial charge in [0.25, 0.3) is 0 Å². The fourth-order valence-corrected chi connectivity index (χ4v) is 3.30. The average molecular weight is 483 g/mol. The van der Waals surface area contributed by atoms with Crippen LogP contribution < -0.4 is 15.4 Å². The van der Waals surface area contributed by atoms with E-state index in [2.05, 4.69) is 38.2 Å². The number of benzene rings is 1. The highest BCUT2D eigenvalue weighted by Gasteiger charge is 2.23. The molecule has 1 amide bonds. The number of halogens is 1. The van der Waals surface area contributed by atoms with Crippen molar-refractivity contribution in [2.24, 2.45) is 0 Å². The minimum Gasteiger partial charge on any atom is -0.496 e. The second-order valence-corrected chi connectivity index (χ2v) is 6.82. The van der Waals surface area contributed by atoms with Crippen molar-refractivity contribution in [2.75, 3.05) is 20.8 Å². The number of methoxy groups -OCH3 is 2. The summed E-state index contributed by atoms with van der Waals surface area (Å²) < 4.78 is 11.0. The molecule has 0 fully saturated rings. The van der Waals surface area contributed by atoms with E-state index in [1.54, 1.807) is 19.5 Å². The summed E-state index contributed by atoms with van der Waals surface area (Å²) in [6.07, 6.45) is 3.74. The van der Waals surface area contributed by atoms with Crippen LogP contribution in [-0.4, -0.2) is 43.7 Å². The van der Waals surface area contributed by atoms with Crippen molar-refractivity contribution < 1.29 is 19.1 Å². The summed E-state index contributed by atoms with van der Waals surface area (Å²) in [6, 6.07) is 8.57. The quantitative estimate of drug-likeness (QED) is 0.417. The summed E-state index contributed by atoms with van der Waals surface area (Å²) in [5, 5.41) is 5.76. The van der Waals surface area contributed by atoms with Gasteiger partial charge in [0.15, 0.2) is 0 Å². The number of amides is 1. The normalized spacial score (nSPS) is 11.5. The van der Waals surface area contributed by atoms with Crippen LogP contribution in [0.4, 0.5) is 0 Å². The molecule has 1 aromatic carbocycles. The third-order valence-corrected chi connectivity index (χ3v) is 5.07. The topological polar surface area (TPSA) is 89.5 Å². The molecule has 8 heteroatoms. The second kappa shape index (κ2) is 10.8. The Morgan fingerprint density at radius 3 is 2.70 bits per heavy atom. The zero-order chi connectivity index (χ0) is 19.6. The summed E-state index contributed by atoms with van der Waals surface area (Å²) in [5.74, 6) is -0.0531. The van der Waals surface area contributed by atoms with E-state index in [1.807, 2.05) is 30.3 Å². The fraction of sp³-hybridized carbons (Fsp3) is 0.316. The van der Waals surface area contributed by atoms with Crippen molar-refractivity contribution in [3.63, 3.8) is 0 Å². The van der Waals surface area contributed by atoms with Gasteiger partial charge in [-0.3, -0.25) is 9.78 Å². The predicted molar refractivity (Wildman–Crippen MR) is 109 cm³/mol. The van der Waals surface area contributed by atoms with Crippen LogP contribution in [0.15, 0.2) is 42.7 Å². The fourth-order valence-electron chi connectivity index (χ4n) is 2.50. The molecule has 0 saturated heterocycles. The maximum absolute atomic E-state index is 12.2. The van der Waals surface area contributed by atoms with Gasteiger partial charge in [-0.25, -0.2) is 4.79 Å². The van der Waals surface area contributed by atoms with Crippen molar-refractivity contribution in [3.05, 3.63) is 57.4 Å². The number of hydrogen-bond acceptors (Lipinski definition) is 6. The van der Waals surface area contributed by atoms with E-state index in [9.17, 15) is 9.59 Å². The Morgan fingerprint density at radius 2 is 2.04 bits per heavy atom. The van der Waals surface area contributed by atoms with E-state index in [-0.39, 0.29) is 12.5 Å². The van der Waals surface area contributed by atoms with Crippen molar-refractivity contribution in [1.82, 2.24) is 15.6 Å². The highest BCUT2D eigenvalue weighted by Crippen LogP contribution is 2.25. The van der Waals surface area contributed by atoms with Crippen LogP contribution in [-0.2, 0) is 27.3 Å². The molecule has 0 radical (unpaired) electrons. The van der Waals surface area contributed by atoms with Gasteiger partial charge in [-0.1, -0.05) is 18.2 Å². The molecule has 0 spiro atoms. The molecule has 144 valence electrons. The molecule has 0 aliphatic heterocycles. The molecule has 0 bridgehead atoms. The van der Waals surface area contributed by atoms with Crippen LogP contribution in [0.2, 0.25) is 0 Å². The number of carbonyl (C=O) groups is 2. The number of pyridine rings is 1. The maximum Gasteiger partial charge on any atom is 0.328 e. The molecule has 1 aromatic heterocycles. The highest BCUT2D eigenvalue weighted by molar-refractivity contribution is 14.1. The summed E-state index contributed by atoms with van der Waals surface area (Å²) in [5.41, 5.74) is 1.87. The number of ether oxygens (including phenoxy) is 2. The van der Waals surface area contributed by atoms with E-state index >= 15 is 0 Å². The molecule has 1 heterocycles. The van der Waals surface area contributed by atoms with E-state index in [0.717, 1.165) is 20.4 Å². The highest BCUT2D eigenvalue weighted by atomic mass is 127. The first-order chi connectivity index (χ1) is 13.0. The predicted octanol–water partition coefficient (Wildman–Crippen LogP) is 1.68. The smallest absolute Gasteiger partial charge is 0.328 e. The van der Waals surface area contributed by atoms with Gasteiger partial charge in [-0.05, 0) is 45.9 Å². The van der Waals surface area contributed by atoms with Gasteiger partial charge in [0.05, 0.1) is 24.3 Å². The van der Waals surface area contributed by atoms with E-state index < -0.39 is 12.0 Å². The Labute approximate surface area is 172 Å². The zero-order valence-corrected chi connectivity index (χ0v) is 17.4. The first-order valence-electron chi connectivity index (χ1n) is 8.33. The number of aromatic nitrogens is 1. The lowest BCUT2D eigenvalue weighted by Crippen LogP contribution is -2.46. The summed E-state index contributed by atoms with van der Waals surface area (Å²) in [7, 11) is 2.90. The molecule has 2 N–H and O–H groups in total. The van der Waals surface area contributed by atoms with Crippen LogP contribution in [0, 0.1) is 3.57 Å². The Kier molecular flexibility index (Phi) is 8.46. The summed E-state index contributed by atoms with van der Waals surface area (Å²) >= 11 is 2.16. The lowest BCUT2D eigenvalue weighted by Gasteiger charge is -2.18. The van der Waals surface area contributed by atoms with E-state index in [0.29, 0.717) is 13.0 Å². The third-order valence-electron chi connectivity index (χ3n) is 3.85. The van der Waals surface area contributed by atoms with Crippen LogP contribution in [0.25, 0.3) is 0 Å². The Bertz CT molecular complexity index is 771. The van der Waals surface area contributed by atoms with Crippen molar-refractivity contribution >= 4 is 34.5 Å². The first kappa shape index (κ1) is 21.1. The molecule has 0 aliphatic carbocycles. The maximum atomic E-state index is 12.2. The second-order valence-electron chi connectivity index (χ2n) is 5.75. The molecule has 1 unspecified atom stereocenters. The zero-order valence-electron chi connectivity index (χ0n) is 15.2. The number of nitrogens with zero attached hydrogens (tertiary/aromatic N) is 1. The Morgan fingerprint density at radius 1 is 1.22 bits per heavy atom. The number of hydrogen-bond donors (Lipinski definition) is 2. The van der Waals surface area contributed by atoms with E-state index in [4.69, 9.17) is 9.47 Å². The molecule has 7 nitrogen and oxygen atoms in total. The molecule has 0 saturated carbocycles. The lowest BCUT2D eigenvalue weighted by atomic mass is 10.1. The SMILES string of the molecule is COC(=O)C(Cc1cccc(OC)c1I)NC(=O)CNCc1cccnc1. The minimum absolute atomic E-state index is 0.0809. The Hall–Kier alpha value is -2.20. The molecule has 0 aliphatic rings. The standard InChI is InChI=1S/C19H22IN3O4/c1-26-16-7-3-6-14(18(16)20)9-15(19(25)27-2)23-17(24)12-22-11-13-5-4-8-21-10-13/h3-8,10,15,22H,9,11-12H2,1-2H3,(H,23,24). The molecular weight excluding hydrogens is 461 g/mol. The largest absolute Gasteiger partial charge is 0.496 e. The number of rotatable bonds is 9. The molecule has 27 heavy (non-hydrogen) atoms. The number of carbonyl (C=O) groups excluding carboxylic acids is 2. The minimum atomic E-state index is -0.775. The van der Waals surface area contributed by atoms with Gasteiger partial charge in [-0.2, -0.15) is 0 Å². The van der Waals surface area contributed by atoms with Crippen molar-refractivity contribution in [1.29, 1.82) is 0 Å². The van der Waals surface area contributed by atoms with Gasteiger partial charge in [0.2, 0.25) is 5.91 Å². The van der Waals surface area contributed by atoms with Crippen LogP contribution in [0.1, 0.15) is 11.1 Å². The summed E-state index contributed by atoms with van der Waals surface area (Å²) in [4.78, 5) is 28.4. The van der Waals surface area contributed by atoms with Gasteiger partial charge >= 0.3 is 5.97 Å². The molecule has 2 rings (SSSR count). The first-order valence-corrected chi connectivity index (χ1v) is 9.41. The Balaban J connectivity index is 1.95. The van der Waals surface area contributed by atoms with Crippen LogP contribution in [0.3, 0.4) is 0 Å². The van der Waals surface area contributed by atoms with Crippen LogP contribution >= 0.6 is 22.6 Å². The average Bonchev–Trinajstić information content (AvgIpc) is 2.69. The van der Waals surface area contributed by atoms with Gasteiger partial charge in [-0.15, -0.1) is 0 Å². The van der Waals surface area contributed by atoms with Gasteiger partial charge in [0, 0.05) is 25.4 Å².